The highest BCUT2D eigenvalue weighted by Gasteiger charge is 2.50. The van der Waals surface area contributed by atoms with Gasteiger partial charge >= 0.3 is 0 Å². The quantitative estimate of drug-likeness (QED) is 0.672. The molecule has 158 valence electrons. The molecule has 1 amide bonds. The zero-order chi connectivity index (χ0) is 21.3. The van der Waals surface area contributed by atoms with Crippen molar-refractivity contribution in [1.29, 1.82) is 0 Å². The molecule has 7 heteroatoms. The van der Waals surface area contributed by atoms with Crippen LogP contribution in [0.3, 0.4) is 0 Å². The van der Waals surface area contributed by atoms with Gasteiger partial charge in [-0.1, -0.05) is 24.3 Å². The van der Waals surface area contributed by atoms with Gasteiger partial charge < -0.3 is 19.7 Å². The van der Waals surface area contributed by atoms with E-state index in [1.54, 1.807) is 17.8 Å². The summed E-state index contributed by atoms with van der Waals surface area (Å²) in [6.45, 7) is 2.65. The lowest BCUT2D eigenvalue weighted by Gasteiger charge is -2.21. The number of pyridine rings is 1. The summed E-state index contributed by atoms with van der Waals surface area (Å²) in [5.41, 5.74) is 2.43. The number of carbonyl (C=O) groups excluding carboxylic acids is 1. The molecule has 4 atom stereocenters. The van der Waals surface area contributed by atoms with Crippen molar-refractivity contribution in [2.24, 2.45) is 11.8 Å². The summed E-state index contributed by atoms with van der Waals surface area (Å²) in [4.78, 5) is 25.6. The maximum atomic E-state index is 12.9. The molecule has 1 saturated heterocycles. The predicted molar refractivity (Wildman–Crippen MR) is 114 cm³/mol. The van der Waals surface area contributed by atoms with E-state index in [-0.39, 0.29) is 36.0 Å². The summed E-state index contributed by atoms with van der Waals surface area (Å²) in [5.74, 6) is 0.328. The first-order valence-electron chi connectivity index (χ1n) is 10.2. The molecule has 1 aromatic heterocycles. The summed E-state index contributed by atoms with van der Waals surface area (Å²) in [6.07, 6.45) is 3.65. The highest BCUT2D eigenvalue weighted by atomic mass is 16.5. The molecule has 0 spiro atoms. The minimum Gasteiger partial charge on any atom is -0.497 e. The van der Waals surface area contributed by atoms with Gasteiger partial charge in [-0.3, -0.25) is 14.9 Å². The number of fused-ring (bicyclic) bond motifs is 3. The fourth-order valence-corrected chi connectivity index (χ4v) is 4.66. The third kappa shape index (κ3) is 3.55. The highest BCUT2D eigenvalue weighted by molar-refractivity contribution is 5.82. The van der Waals surface area contributed by atoms with E-state index in [0.717, 1.165) is 17.0 Å². The smallest absolute Gasteiger partial charge is 0.258 e. The Bertz CT molecular complexity index is 1030. The zero-order valence-corrected chi connectivity index (χ0v) is 17.2. The first-order chi connectivity index (χ1) is 14.6. The Hall–Kier alpha value is -2.90. The molecule has 2 aromatic rings. The van der Waals surface area contributed by atoms with Crippen LogP contribution >= 0.6 is 0 Å². The van der Waals surface area contributed by atoms with E-state index < -0.39 is 6.04 Å². The lowest BCUT2D eigenvalue weighted by atomic mass is 9.88. The average molecular weight is 409 g/mol. The van der Waals surface area contributed by atoms with Crippen LogP contribution in [0.2, 0.25) is 0 Å². The van der Waals surface area contributed by atoms with Gasteiger partial charge in [0.15, 0.2) is 0 Å². The van der Waals surface area contributed by atoms with Crippen molar-refractivity contribution in [2.45, 2.75) is 32.1 Å². The number of methoxy groups -OCH3 is 1. The van der Waals surface area contributed by atoms with Crippen LogP contribution in [0, 0.1) is 11.8 Å². The van der Waals surface area contributed by atoms with Gasteiger partial charge in [-0.25, -0.2) is 0 Å². The number of aromatic nitrogens is 1. The van der Waals surface area contributed by atoms with Crippen LogP contribution in [0.25, 0.3) is 6.08 Å². The molecule has 0 aliphatic carbocycles. The highest BCUT2D eigenvalue weighted by Crippen LogP contribution is 2.42. The monoisotopic (exact) mass is 409 g/mol. The molecule has 4 rings (SSSR count). The molecular weight excluding hydrogens is 382 g/mol. The molecular formula is C23H27N3O4. The van der Waals surface area contributed by atoms with Crippen LogP contribution in [-0.4, -0.2) is 35.3 Å². The lowest BCUT2D eigenvalue weighted by Crippen LogP contribution is -2.46. The minimum atomic E-state index is -0.505. The Morgan fingerprint density at radius 2 is 2.20 bits per heavy atom. The van der Waals surface area contributed by atoms with Gasteiger partial charge in [0.25, 0.3) is 5.56 Å². The van der Waals surface area contributed by atoms with Crippen molar-refractivity contribution in [3.63, 3.8) is 0 Å². The van der Waals surface area contributed by atoms with Crippen molar-refractivity contribution >= 4 is 12.0 Å². The van der Waals surface area contributed by atoms with Crippen molar-refractivity contribution in [3.8, 4) is 5.75 Å². The summed E-state index contributed by atoms with van der Waals surface area (Å²) >= 11 is 0. The Kier molecular flexibility index (Phi) is 5.74. The Morgan fingerprint density at radius 1 is 1.37 bits per heavy atom. The van der Waals surface area contributed by atoms with Crippen LogP contribution in [0.1, 0.15) is 29.8 Å². The van der Waals surface area contributed by atoms with Gasteiger partial charge in [-0.2, -0.15) is 0 Å². The van der Waals surface area contributed by atoms with Crippen molar-refractivity contribution in [1.82, 2.24) is 15.2 Å². The average Bonchev–Trinajstić information content (AvgIpc) is 3.30. The number of ether oxygens (including phenoxy) is 1. The van der Waals surface area contributed by atoms with E-state index in [1.807, 2.05) is 49.4 Å². The molecule has 2 aliphatic rings. The molecule has 30 heavy (non-hydrogen) atoms. The van der Waals surface area contributed by atoms with Gasteiger partial charge in [0, 0.05) is 42.8 Å². The SMILES string of the molecule is C/C=C\c1ccc2n(c1=O)C[C@@H]1[C@@H](CO)[C@H](C(=O)NCc3cccc(OC)c3)N[C@H]21. The van der Waals surface area contributed by atoms with Gasteiger partial charge in [-0.15, -0.1) is 0 Å². The lowest BCUT2D eigenvalue weighted by molar-refractivity contribution is -0.124. The molecule has 1 fully saturated rings. The van der Waals surface area contributed by atoms with Gasteiger partial charge in [-0.05, 0) is 36.8 Å². The van der Waals surface area contributed by atoms with E-state index in [2.05, 4.69) is 10.6 Å². The van der Waals surface area contributed by atoms with E-state index in [4.69, 9.17) is 4.74 Å². The van der Waals surface area contributed by atoms with Crippen LogP contribution in [0.5, 0.6) is 5.75 Å². The van der Waals surface area contributed by atoms with Crippen molar-refractivity contribution in [2.75, 3.05) is 13.7 Å². The first-order valence-corrected chi connectivity index (χ1v) is 10.2. The summed E-state index contributed by atoms with van der Waals surface area (Å²) in [6, 6.07) is 10.7. The molecule has 3 N–H and O–H groups in total. The standard InChI is InChI=1S/C23H27N3O4/c1-3-5-15-8-9-19-20-17(12-26(19)23(15)29)18(13-27)21(25-20)22(28)24-11-14-6-4-7-16(10-14)30-2/h3-10,17-18,20-21,25,27H,11-13H2,1-2H3,(H,24,28)/b5-3-/t17-,18-,20+,21-/m1/s1. The number of aliphatic hydroxyl groups is 1. The molecule has 2 aliphatic heterocycles. The third-order valence-corrected chi connectivity index (χ3v) is 6.16. The van der Waals surface area contributed by atoms with Crippen LogP contribution < -0.4 is 20.9 Å². The summed E-state index contributed by atoms with van der Waals surface area (Å²) in [7, 11) is 1.61. The number of amides is 1. The predicted octanol–water partition coefficient (Wildman–Crippen LogP) is 1.46. The van der Waals surface area contributed by atoms with Crippen LogP contribution in [-0.2, 0) is 17.9 Å². The largest absolute Gasteiger partial charge is 0.497 e. The summed E-state index contributed by atoms with van der Waals surface area (Å²) in [5, 5.41) is 16.4. The second-order valence-electron chi connectivity index (χ2n) is 7.83. The third-order valence-electron chi connectivity index (χ3n) is 6.16. The van der Waals surface area contributed by atoms with E-state index in [0.29, 0.717) is 18.7 Å². The summed E-state index contributed by atoms with van der Waals surface area (Å²) < 4.78 is 6.99. The molecule has 0 bridgehead atoms. The van der Waals surface area contributed by atoms with Crippen molar-refractivity contribution < 1.29 is 14.6 Å². The molecule has 3 heterocycles. The fraction of sp³-hybridized carbons (Fsp3) is 0.391. The Labute approximate surface area is 175 Å². The van der Waals surface area contributed by atoms with E-state index in [9.17, 15) is 14.7 Å². The number of hydrogen-bond acceptors (Lipinski definition) is 5. The molecule has 0 radical (unpaired) electrons. The minimum absolute atomic E-state index is 0.00359. The second kappa shape index (κ2) is 8.45. The first kappa shape index (κ1) is 20.4. The maximum absolute atomic E-state index is 12.9. The van der Waals surface area contributed by atoms with Crippen molar-refractivity contribution in [3.05, 3.63) is 69.6 Å². The number of allylic oxidation sites excluding steroid dienone is 1. The normalized spacial score (nSPS) is 24.6. The molecule has 0 unspecified atom stereocenters. The number of nitrogens with one attached hydrogen (secondary N) is 2. The number of carbonyl (C=O) groups is 1. The Balaban J connectivity index is 1.50. The van der Waals surface area contributed by atoms with E-state index >= 15 is 0 Å². The zero-order valence-electron chi connectivity index (χ0n) is 17.2. The molecule has 1 aromatic carbocycles. The molecule has 7 nitrogen and oxygen atoms in total. The maximum Gasteiger partial charge on any atom is 0.258 e. The second-order valence-corrected chi connectivity index (χ2v) is 7.83. The molecule has 0 saturated carbocycles. The van der Waals surface area contributed by atoms with Crippen LogP contribution in [0.15, 0.2) is 47.3 Å². The van der Waals surface area contributed by atoms with Crippen LogP contribution in [0.4, 0.5) is 0 Å². The van der Waals surface area contributed by atoms with Gasteiger partial charge in [0.1, 0.15) is 5.75 Å². The Morgan fingerprint density at radius 3 is 2.93 bits per heavy atom. The topological polar surface area (TPSA) is 92.6 Å². The van der Waals surface area contributed by atoms with Gasteiger partial charge in [0.2, 0.25) is 5.91 Å². The number of hydrogen-bond donors (Lipinski definition) is 3. The fourth-order valence-electron chi connectivity index (χ4n) is 4.66. The number of nitrogens with zero attached hydrogens (tertiary/aromatic N) is 1. The van der Waals surface area contributed by atoms with Gasteiger partial charge in [0.05, 0.1) is 19.2 Å². The number of aliphatic hydroxyl groups excluding tert-OH is 1. The van der Waals surface area contributed by atoms with E-state index in [1.165, 1.54) is 0 Å². The number of rotatable bonds is 6. The number of benzene rings is 1.